The molecule has 140 valence electrons. The Labute approximate surface area is 159 Å². The fraction of sp³-hybridized carbons (Fsp3) is 0.316. The first kappa shape index (κ1) is 20.5. The van der Waals surface area contributed by atoms with Crippen LogP contribution in [-0.4, -0.2) is 38.0 Å². The van der Waals surface area contributed by atoms with Gasteiger partial charge in [-0.3, -0.25) is 4.79 Å². The maximum atomic E-state index is 12.3. The quantitative estimate of drug-likeness (QED) is 0.783. The van der Waals surface area contributed by atoms with Crippen molar-refractivity contribution in [1.82, 2.24) is 4.31 Å². The zero-order valence-electron chi connectivity index (χ0n) is 15.4. The summed E-state index contributed by atoms with van der Waals surface area (Å²) in [6.45, 7) is 3.82. The van der Waals surface area contributed by atoms with E-state index in [9.17, 15) is 13.2 Å². The number of nitrogens with one attached hydrogen (secondary N) is 1. The minimum atomic E-state index is -3.45. The van der Waals surface area contributed by atoms with Crippen LogP contribution in [0.2, 0.25) is 0 Å². The number of anilines is 1. The molecule has 0 fully saturated rings. The molecule has 5 nitrogen and oxygen atoms in total. The molecule has 26 heavy (non-hydrogen) atoms. The summed E-state index contributed by atoms with van der Waals surface area (Å²) in [5.41, 5.74) is 2.73. The van der Waals surface area contributed by atoms with Gasteiger partial charge in [-0.25, -0.2) is 12.7 Å². The highest BCUT2D eigenvalue weighted by molar-refractivity contribution is 7.99. The Bertz CT molecular complexity index is 880. The maximum Gasteiger partial charge on any atom is 0.242 e. The van der Waals surface area contributed by atoms with E-state index in [1.54, 1.807) is 18.2 Å². The molecule has 0 aliphatic carbocycles. The molecular weight excluding hydrogens is 368 g/mol. The third-order valence-corrected chi connectivity index (χ3v) is 6.86. The second kappa shape index (κ2) is 8.70. The fourth-order valence-corrected chi connectivity index (χ4v) is 4.07. The Morgan fingerprint density at radius 2 is 1.85 bits per heavy atom. The normalized spacial score (nSPS) is 12.8. The number of aryl methyl sites for hydroxylation is 1. The molecule has 1 atom stereocenters. The monoisotopic (exact) mass is 392 g/mol. The molecule has 0 unspecified atom stereocenters. The summed E-state index contributed by atoms with van der Waals surface area (Å²) in [6.07, 6.45) is 0. The summed E-state index contributed by atoms with van der Waals surface area (Å²) < 4.78 is 25.6. The number of hydrogen-bond donors (Lipinski definition) is 1. The first-order valence-corrected chi connectivity index (χ1v) is 10.7. The zero-order chi connectivity index (χ0) is 19.3. The van der Waals surface area contributed by atoms with Gasteiger partial charge in [-0.15, -0.1) is 11.8 Å². The van der Waals surface area contributed by atoms with Crippen molar-refractivity contribution in [1.29, 1.82) is 0 Å². The Kier molecular flexibility index (Phi) is 6.86. The molecule has 0 saturated heterocycles. The topological polar surface area (TPSA) is 66.5 Å². The van der Waals surface area contributed by atoms with Crippen LogP contribution in [0.4, 0.5) is 5.69 Å². The third kappa shape index (κ3) is 5.33. The minimum Gasteiger partial charge on any atom is -0.325 e. The van der Waals surface area contributed by atoms with Gasteiger partial charge in [-0.1, -0.05) is 24.3 Å². The first-order valence-electron chi connectivity index (χ1n) is 8.21. The molecule has 0 saturated carbocycles. The first-order chi connectivity index (χ1) is 12.2. The van der Waals surface area contributed by atoms with Gasteiger partial charge in [0.1, 0.15) is 0 Å². The molecule has 1 N–H and O–H groups in total. The summed E-state index contributed by atoms with van der Waals surface area (Å²) in [4.78, 5) is 12.6. The molecule has 2 rings (SSSR count). The molecule has 0 aliphatic rings. The molecule has 0 aromatic heterocycles. The molecule has 2 aromatic rings. The zero-order valence-corrected chi connectivity index (χ0v) is 17.0. The van der Waals surface area contributed by atoms with Crippen LogP contribution in [0.3, 0.4) is 0 Å². The van der Waals surface area contributed by atoms with Gasteiger partial charge in [0, 0.05) is 25.5 Å². The maximum absolute atomic E-state index is 12.3. The molecule has 0 heterocycles. The Morgan fingerprint density at radius 3 is 2.50 bits per heavy atom. The molecule has 0 spiro atoms. The van der Waals surface area contributed by atoms with Gasteiger partial charge >= 0.3 is 0 Å². The second-order valence-corrected chi connectivity index (χ2v) is 9.73. The Balaban J connectivity index is 1.99. The van der Waals surface area contributed by atoms with E-state index in [4.69, 9.17) is 0 Å². The summed E-state index contributed by atoms with van der Waals surface area (Å²) >= 11 is 1.47. The molecule has 1 amide bonds. The summed E-state index contributed by atoms with van der Waals surface area (Å²) in [6, 6.07) is 14.5. The molecule has 2 aromatic carbocycles. The molecular formula is C19H24N2O3S2. The highest BCUT2D eigenvalue weighted by Gasteiger charge is 2.18. The Hall–Kier alpha value is -1.83. The number of benzene rings is 2. The average molecular weight is 393 g/mol. The van der Waals surface area contributed by atoms with E-state index in [-0.39, 0.29) is 16.1 Å². The summed E-state index contributed by atoms with van der Waals surface area (Å²) in [5.74, 6) is 0.483. The standard InChI is InChI=1S/C19H24N2O3S2/c1-14-7-5-9-17(11-14)20-19(22)15(2)25-13-16-8-6-10-18(12-16)26(23,24)21(3)4/h5-12,15H,13H2,1-4H3,(H,20,22)/t15-/m1/s1. The number of sulfonamides is 1. The van der Waals surface area contributed by atoms with Crippen molar-refractivity contribution in [2.75, 3.05) is 19.4 Å². The highest BCUT2D eigenvalue weighted by atomic mass is 32.2. The average Bonchev–Trinajstić information content (AvgIpc) is 2.59. The van der Waals surface area contributed by atoms with E-state index in [2.05, 4.69) is 5.32 Å². The lowest BCUT2D eigenvalue weighted by Crippen LogP contribution is -2.23. The van der Waals surface area contributed by atoms with Gasteiger partial charge in [-0.05, 0) is 49.2 Å². The van der Waals surface area contributed by atoms with E-state index in [1.807, 2.05) is 44.2 Å². The van der Waals surface area contributed by atoms with Gasteiger partial charge in [-0.2, -0.15) is 0 Å². The number of hydrogen-bond acceptors (Lipinski definition) is 4. The number of amides is 1. The number of carbonyl (C=O) groups excluding carboxylic acids is 1. The van der Waals surface area contributed by atoms with Crippen molar-refractivity contribution in [3.63, 3.8) is 0 Å². The van der Waals surface area contributed by atoms with E-state index in [1.165, 1.54) is 30.2 Å². The van der Waals surface area contributed by atoms with Crippen LogP contribution in [0.1, 0.15) is 18.1 Å². The van der Waals surface area contributed by atoms with Gasteiger partial charge in [0.2, 0.25) is 15.9 Å². The number of thioether (sulfide) groups is 1. The van der Waals surface area contributed by atoms with Crippen LogP contribution in [0.15, 0.2) is 53.4 Å². The van der Waals surface area contributed by atoms with Crippen molar-refractivity contribution in [2.45, 2.75) is 29.7 Å². The largest absolute Gasteiger partial charge is 0.325 e. The molecule has 0 radical (unpaired) electrons. The lowest BCUT2D eigenvalue weighted by molar-refractivity contribution is -0.115. The second-order valence-electron chi connectivity index (χ2n) is 6.25. The van der Waals surface area contributed by atoms with Gasteiger partial charge in [0.15, 0.2) is 0 Å². The van der Waals surface area contributed by atoms with Gasteiger partial charge < -0.3 is 5.32 Å². The van der Waals surface area contributed by atoms with Crippen molar-refractivity contribution in [3.05, 3.63) is 59.7 Å². The lowest BCUT2D eigenvalue weighted by Gasteiger charge is -2.14. The predicted molar refractivity (Wildman–Crippen MR) is 108 cm³/mol. The molecule has 7 heteroatoms. The van der Waals surface area contributed by atoms with Gasteiger partial charge in [0.25, 0.3) is 0 Å². The van der Waals surface area contributed by atoms with E-state index < -0.39 is 10.0 Å². The smallest absolute Gasteiger partial charge is 0.242 e. The van der Waals surface area contributed by atoms with Crippen LogP contribution in [0.25, 0.3) is 0 Å². The number of carbonyl (C=O) groups is 1. The van der Waals surface area contributed by atoms with Gasteiger partial charge in [0.05, 0.1) is 10.1 Å². The van der Waals surface area contributed by atoms with Crippen LogP contribution in [0.5, 0.6) is 0 Å². The van der Waals surface area contributed by atoms with Crippen LogP contribution in [0, 0.1) is 6.92 Å². The van der Waals surface area contributed by atoms with Crippen LogP contribution < -0.4 is 5.32 Å². The van der Waals surface area contributed by atoms with Crippen molar-refractivity contribution in [3.8, 4) is 0 Å². The van der Waals surface area contributed by atoms with E-state index in [0.717, 1.165) is 16.8 Å². The highest BCUT2D eigenvalue weighted by Crippen LogP contribution is 2.22. The summed E-state index contributed by atoms with van der Waals surface area (Å²) in [5, 5.41) is 2.65. The third-order valence-electron chi connectivity index (χ3n) is 3.83. The van der Waals surface area contributed by atoms with Crippen LogP contribution in [-0.2, 0) is 20.6 Å². The van der Waals surface area contributed by atoms with Crippen molar-refractivity contribution >= 4 is 33.4 Å². The Morgan fingerprint density at radius 1 is 1.15 bits per heavy atom. The minimum absolute atomic E-state index is 0.0716. The fourth-order valence-electron chi connectivity index (χ4n) is 2.27. The number of rotatable bonds is 7. The van der Waals surface area contributed by atoms with Crippen molar-refractivity contribution in [2.24, 2.45) is 0 Å². The molecule has 0 bridgehead atoms. The van der Waals surface area contributed by atoms with Crippen molar-refractivity contribution < 1.29 is 13.2 Å². The SMILES string of the molecule is Cc1cccc(NC(=O)[C@@H](C)SCc2cccc(S(=O)(=O)N(C)C)c2)c1. The molecule has 0 aliphatic heterocycles. The number of nitrogens with zero attached hydrogens (tertiary/aromatic N) is 1. The lowest BCUT2D eigenvalue weighted by atomic mass is 10.2. The van der Waals surface area contributed by atoms with E-state index >= 15 is 0 Å². The summed E-state index contributed by atoms with van der Waals surface area (Å²) in [7, 11) is -0.437. The van der Waals surface area contributed by atoms with E-state index in [0.29, 0.717) is 5.75 Å². The predicted octanol–water partition coefficient (Wildman–Crippen LogP) is 3.51. The van der Waals surface area contributed by atoms with Crippen LogP contribution >= 0.6 is 11.8 Å².